The van der Waals surface area contributed by atoms with E-state index in [4.69, 9.17) is 33.9 Å². The molecule has 5 N–H and O–H groups in total. The number of aliphatic hydroxyl groups is 3. The average Bonchev–Trinajstić information content (AvgIpc) is 3.24. The molecule has 12 nitrogen and oxygen atoms in total. The topological polar surface area (TPSA) is 195 Å². The third-order valence-corrected chi connectivity index (χ3v) is 8.84. The Labute approximate surface area is 330 Å². The molecule has 0 spiro atoms. The molecule has 0 aliphatic carbocycles. The minimum Gasteiger partial charge on any atom is -0.457 e. The van der Waals surface area contributed by atoms with Crippen LogP contribution in [0.4, 0.5) is 0 Å². The zero-order valence-corrected chi connectivity index (χ0v) is 30.6. The van der Waals surface area contributed by atoms with E-state index >= 15 is 0 Å². The Morgan fingerprint density at radius 2 is 0.772 bits per heavy atom. The van der Waals surface area contributed by atoms with Crippen LogP contribution in [0.1, 0.15) is 33.4 Å². The van der Waals surface area contributed by atoms with Crippen LogP contribution in [0.5, 0.6) is 34.5 Å². The van der Waals surface area contributed by atoms with Gasteiger partial charge in [-0.1, -0.05) is 35.9 Å². The summed E-state index contributed by atoms with van der Waals surface area (Å²) in [6.07, 6.45) is 0. The number of aliphatic hydroxyl groups excluding tert-OH is 3. The highest BCUT2D eigenvalue weighted by molar-refractivity contribution is 6.79. The van der Waals surface area contributed by atoms with Crippen molar-refractivity contribution >= 4 is 37.7 Å². The lowest BCUT2D eigenvalue weighted by atomic mass is 9.65. The molecule has 0 unspecified atom stereocenters. The summed E-state index contributed by atoms with van der Waals surface area (Å²) in [6.45, 7) is 0.454. The zero-order chi connectivity index (χ0) is 40.3. The summed E-state index contributed by atoms with van der Waals surface area (Å²) >= 11 is 0. The summed E-state index contributed by atoms with van der Waals surface area (Å²) in [5, 5.41) is 72.3. The number of hydrogen-bond donors (Lipinski definition) is 5. The van der Waals surface area contributed by atoms with Crippen molar-refractivity contribution in [3.8, 4) is 46.6 Å². The first kappa shape index (κ1) is 40.3. The Hall–Kier alpha value is -6.39. The zero-order valence-electron chi connectivity index (χ0n) is 30.6. The summed E-state index contributed by atoms with van der Waals surface area (Å²) in [5.41, 5.74) is 3.36. The van der Waals surface area contributed by atoms with Crippen LogP contribution in [0, 0.1) is 29.6 Å². The summed E-state index contributed by atoms with van der Waals surface area (Å²) in [5.74, 6) is 2.55. The van der Waals surface area contributed by atoms with E-state index in [1.54, 1.807) is 78.9 Å². The van der Waals surface area contributed by atoms with Crippen LogP contribution in [0.3, 0.4) is 0 Å². The van der Waals surface area contributed by atoms with Crippen LogP contribution in [-0.2, 0) is 29.0 Å². The minimum atomic E-state index is -1.74. The molecule has 0 bridgehead atoms. The molecule has 0 aliphatic rings. The van der Waals surface area contributed by atoms with Crippen molar-refractivity contribution in [2.24, 2.45) is 0 Å². The maximum atomic E-state index is 11.5. The standard InChI is InChI=1S/C42H35B3N2O10/c1-28-2-8-34(9-3-28)53-37-14-17-40(31(20-37)25-48)43(51)56-45(42-19-16-39(22-33(42)27-50)55-36-12-6-30(24-47)7-13-36)57-44(52)41-18-15-38(21-32(41)26-49)54-35-10-4-29(23-46)5-11-35/h2-22,48-52H,25-27H2,1H3. The Kier molecular flexibility index (Phi) is 13.4. The predicted octanol–water partition coefficient (Wildman–Crippen LogP) is 4.10. The maximum Gasteiger partial charge on any atom is 0.478 e. The van der Waals surface area contributed by atoms with Crippen molar-refractivity contribution in [3.05, 3.63) is 161 Å². The summed E-state index contributed by atoms with van der Waals surface area (Å²) in [7, 11) is -5.01. The second-order valence-electron chi connectivity index (χ2n) is 12.8. The van der Waals surface area contributed by atoms with Gasteiger partial charge in [0.25, 0.3) is 0 Å². The Morgan fingerprint density at radius 1 is 0.456 bits per heavy atom. The summed E-state index contributed by atoms with van der Waals surface area (Å²) < 4.78 is 29.9. The van der Waals surface area contributed by atoms with Crippen LogP contribution in [0.2, 0.25) is 0 Å². The molecule has 0 heterocycles. The lowest BCUT2D eigenvalue weighted by Crippen LogP contribution is -2.53. The van der Waals surface area contributed by atoms with Crippen molar-refractivity contribution in [2.45, 2.75) is 26.7 Å². The molecular weight excluding hydrogens is 725 g/mol. The largest absolute Gasteiger partial charge is 0.478 e. The van der Waals surface area contributed by atoms with E-state index in [-0.39, 0.29) is 27.5 Å². The first-order valence-corrected chi connectivity index (χ1v) is 17.7. The highest BCUT2D eigenvalue weighted by Crippen LogP contribution is 2.26. The van der Waals surface area contributed by atoms with Gasteiger partial charge in [0, 0.05) is 0 Å². The predicted molar refractivity (Wildman–Crippen MR) is 214 cm³/mol. The number of nitrogens with zero attached hydrogens (tertiary/aromatic N) is 2. The van der Waals surface area contributed by atoms with Crippen molar-refractivity contribution in [2.75, 3.05) is 0 Å². The second kappa shape index (κ2) is 19.0. The molecule has 0 aromatic heterocycles. The van der Waals surface area contributed by atoms with Gasteiger partial charge in [-0.25, -0.2) is 0 Å². The minimum absolute atomic E-state index is 0.160. The highest BCUT2D eigenvalue weighted by Gasteiger charge is 2.36. The number of aryl methyl sites for hydroxylation is 1. The van der Waals surface area contributed by atoms with E-state index in [1.807, 2.05) is 43.3 Å². The number of ether oxygens (including phenoxy) is 3. The number of benzene rings is 6. The van der Waals surface area contributed by atoms with Crippen molar-refractivity contribution in [1.29, 1.82) is 10.5 Å². The molecule has 0 atom stereocenters. The van der Waals surface area contributed by atoms with Crippen LogP contribution in [0.25, 0.3) is 0 Å². The van der Waals surface area contributed by atoms with Crippen molar-refractivity contribution < 1.29 is 48.7 Å². The van der Waals surface area contributed by atoms with Gasteiger partial charge in [-0.15, -0.1) is 0 Å². The van der Waals surface area contributed by atoms with Gasteiger partial charge in [-0.2, -0.15) is 10.5 Å². The molecule has 57 heavy (non-hydrogen) atoms. The molecular formula is C42H35B3N2O10. The van der Waals surface area contributed by atoms with Gasteiger partial charge in [0.2, 0.25) is 0 Å². The van der Waals surface area contributed by atoms with Gasteiger partial charge < -0.3 is 48.7 Å². The van der Waals surface area contributed by atoms with Gasteiger partial charge in [-0.3, -0.25) is 0 Å². The molecule has 6 aromatic carbocycles. The fourth-order valence-corrected chi connectivity index (χ4v) is 5.83. The molecule has 0 saturated carbocycles. The van der Waals surface area contributed by atoms with E-state index < -0.39 is 41.2 Å². The van der Waals surface area contributed by atoms with Crippen LogP contribution < -0.4 is 30.6 Å². The molecule has 0 aliphatic heterocycles. The molecule has 15 heteroatoms. The van der Waals surface area contributed by atoms with E-state index in [1.165, 1.54) is 24.3 Å². The average molecular weight is 760 g/mol. The first-order valence-electron chi connectivity index (χ1n) is 17.7. The molecule has 0 fully saturated rings. The van der Waals surface area contributed by atoms with E-state index in [9.17, 15) is 25.4 Å². The number of hydrogen-bond acceptors (Lipinski definition) is 12. The quantitative estimate of drug-likeness (QED) is 0.0889. The van der Waals surface area contributed by atoms with Gasteiger partial charge in [0.1, 0.15) is 34.5 Å². The van der Waals surface area contributed by atoms with Crippen LogP contribution >= 0.6 is 0 Å². The van der Waals surface area contributed by atoms with Gasteiger partial charge in [-0.05, 0) is 137 Å². The Morgan fingerprint density at radius 3 is 1.12 bits per heavy atom. The normalized spacial score (nSPS) is 10.6. The van der Waals surface area contributed by atoms with E-state index in [2.05, 4.69) is 0 Å². The lowest BCUT2D eigenvalue weighted by molar-refractivity contribution is 0.280. The van der Waals surface area contributed by atoms with Crippen molar-refractivity contribution in [3.63, 3.8) is 0 Å². The fourth-order valence-electron chi connectivity index (χ4n) is 5.83. The molecule has 0 amide bonds. The molecule has 6 aromatic rings. The lowest BCUT2D eigenvalue weighted by Gasteiger charge is -2.23. The fraction of sp³-hybridized carbons (Fsp3) is 0.0952. The summed E-state index contributed by atoms with van der Waals surface area (Å²) in [4.78, 5) is 0. The van der Waals surface area contributed by atoms with Gasteiger partial charge in [0.05, 0.1) is 43.1 Å². The third-order valence-electron chi connectivity index (χ3n) is 8.84. The Bertz CT molecular complexity index is 2390. The maximum absolute atomic E-state index is 11.5. The van der Waals surface area contributed by atoms with E-state index in [0.717, 1.165) is 5.56 Å². The summed E-state index contributed by atoms with van der Waals surface area (Å²) in [6, 6.07) is 38.4. The van der Waals surface area contributed by atoms with Crippen LogP contribution in [-0.4, -0.2) is 46.7 Å². The second-order valence-corrected chi connectivity index (χ2v) is 12.8. The third kappa shape index (κ3) is 10.3. The highest BCUT2D eigenvalue weighted by atomic mass is 16.6. The van der Waals surface area contributed by atoms with Gasteiger partial charge >= 0.3 is 21.4 Å². The van der Waals surface area contributed by atoms with Gasteiger partial charge in [0.15, 0.2) is 0 Å². The molecule has 0 radical (unpaired) electrons. The first-order chi connectivity index (χ1) is 27.7. The SMILES string of the molecule is Cc1ccc(Oc2ccc(B(O)OB(OB(O)c3ccc(Oc4ccc(C#N)cc4)cc3CO)c3ccc(Oc4ccc(C#N)cc4)cc3CO)c(CO)c2)cc1. The monoisotopic (exact) mass is 760 g/mol. The molecule has 282 valence electrons. The van der Waals surface area contributed by atoms with E-state index in [0.29, 0.717) is 51.2 Å². The number of rotatable bonds is 16. The smallest absolute Gasteiger partial charge is 0.457 e. The molecule has 0 saturated heterocycles. The van der Waals surface area contributed by atoms with Crippen LogP contribution in [0.15, 0.2) is 127 Å². The van der Waals surface area contributed by atoms with Crippen molar-refractivity contribution in [1.82, 2.24) is 0 Å². The number of nitriles is 2. The Balaban J connectivity index is 1.29. The molecule has 6 rings (SSSR count).